The van der Waals surface area contributed by atoms with Crippen LogP contribution >= 0.6 is 7.82 Å². The van der Waals surface area contributed by atoms with Crippen LogP contribution in [0.4, 0.5) is 0 Å². The van der Waals surface area contributed by atoms with Gasteiger partial charge in [0.1, 0.15) is 13.2 Å². The SMILES string of the molecule is CCCCCCCCCCCCCCCCCCCCCCCCCCCCCCC/C=C/C(O)C(COP(=O)(O)OCC[N+](C)(C)C)NC(=O)CCCCCCCCCCCCCCCCCCCCCCCCCCCCCCCCCCCCCCCCCC. The third kappa shape index (κ3) is 78.5. The molecule has 0 aliphatic carbocycles. The van der Waals surface area contributed by atoms with E-state index in [1.807, 2.05) is 27.2 Å². The Morgan fingerprint density at radius 1 is 0.355 bits per heavy atom. The minimum Gasteiger partial charge on any atom is -0.387 e. The molecule has 556 valence electrons. The number of nitrogens with one attached hydrogen (secondary N) is 1. The van der Waals surface area contributed by atoms with Crippen LogP contribution in [0.1, 0.15) is 470 Å². The van der Waals surface area contributed by atoms with Crippen LogP contribution in [0.2, 0.25) is 0 Å². The summed E-state index contributed by atoms with van der Waals surface area (Å²) >= 11 is 0. The van der Waals surface area contributed by atoms with Crippen molar-refractivity contribution in [3.63, 3.8) is 0 Å². The number of phosphoric acid groups is 1. The quantitative estimate of drug-likeness (QED) is 0.0243. The molecule has 3 unspecified atom stereocenters. The van der Waals surface area contributed by atoms with Crippen molar-refractivity contribution in [1.82, 2.24) is 5.32 Å². The summed E-state index contributed by atoms with van der Waals surface area (Å²) in [5.41, 5.74) is 0. The van der Waals surface area contributed by atoms with Crippen molar-refractivity contribution in [2.75, 3.05) is 40.9 Å². The maximum absolute atomic E-state index is 13.1. The van der Waals surface area contributed by atoms with Crippen LogP contribution in [0, 0.1) is 0 Å². The Hall–Kier alpha value is -0.760. The topological polar surface area (TPSA) is 105 Å². The lowest BCUT2D eigenvalue weighted by Crippen LogP contribution is -2.45. The van der Waals surface area contributed by atoms with Gasteiger partial charge in [-0.25, -0.2) is 4.57 Å². The Balaban J connectivity index is 3.87. The van der Waals surface area contributed by atoms with E-state index in [1.165, 1.54) is 417 Å². The van der Waals surface area contributed by atoms with Gasteiger partial charge in [-0.15, -0.1) is 0 Å². The first-order valence-corrected chi connectivity index (χ1v) is 44.1. The van der Waals surface area contributed by atoms with Gasteiger partial charge in [-0.1, -0.05) is 456 Å². The molecule has 0 radical (unpaired) electrons. The second-order valence-electron chi connectivity index (χ2n) is 30.9. The van der Waals surface area contributed by atoms with E-state index in [1.54, 1.807) is 6.08 Å². The number of hydrogen-bond acceptors (Lipinski definition) is 5. The van der Waals surface area contributed by atoms with E-state index < -0.39 is 20.0 Å². The van der Waals surface area contributed by atoms with Crippen LogP contribution in [0.3, 0.4) is 0 Å². The number of quaternary nitrogens is 1. The van der Waals surface area contributed by atoms with Gasteiger partial charge >= 0.3 is 7.82 Å². The zero-order valence-electron chi connectivity index (χ0n) is 64.1. The van der Waals surface area contributed by atoms with E-state index in [9.17, 15) is 19.4 Å². The average Bonchev–Trinajstić information content (AvgIpc) is 1.92. The summed E-state index contributed by atoms with van der Waals surface area (Å²) in [6.07, 6.45) is 100. The Morgan fingerprint density at radius 3 is 0.796 bits per heavy atom. The monoisotopic (exact) mass is 1330 g/mol. The number of allylic oxidation sites excluding steroid dienone is 1. The van der Waals surface area contributed by atoms with E-state index >= 15 is 0 Å². The number of rotatable bonds is 81. The van der Waals surface area contributed by atoms with Crippen molar-refractivity contribution >= 4 is 13.7 Å². The van der Waals surface area contributed by atoms with Gasteiger partial charge in [-0.3, -0.25) is 13.8 Å². The molecule has 0 aliphatic rings. The van der Waals surface area contributed by atoms with Crippen LogP contribution in [0.25, 0.3) is 0 Å². The number of carbonyl (C=O) groups excluding carboxylic acids is 1. The molecule has 0 saturated heterocycles. The van der Waals surface area contributed by atoms with E-state index in [0.29, 0.717) is 17.4 Å². The van der Waals surface area contributed by atoms with Crippen LogP contribution in [0.5, 0.6) is 0 Å². The predicted octanol–water partition coefficient (Wildman–Crippen LogP) is 28.0. The van der Waals surface area contributed by atoms with E-state index in [0.717, 1.165) is 32.1 Å². The molecule has 9 heteroatoms. The molecule has 0 heterocycles. The van der Waals surface area contributed by atoms with Crippen LogP contribution in [-0.4, -0.2) is 73.4 Å². The van der Waals surface area contributed by atoms with E-state index in [2.05, 4.69) is 19.2 Å². The highest BCUT2D eigenvalue weighted by Gasteiger charge is 2.28. The standard InChI is InChI=1S/C84H169N2O6P/c1-6-8-10-12-14-16-18-20-22-24-26-28-30-32-34-36-38-39-40-41-42-43-44-45-46-48-50-52-54-56-58-60-62-64-66-68-70-72-74-76-78-84(88)85-82(81-92-93(89,90)91-80-79-86(3,4)5)83(87)77-75-73-71-69-67-65-63-61-59-57-55-53-51-49-47-37-35-33-31-29-27-25-23-21-19-17-15-13-11-9-7-2/h75,77,82-83,87H,6-74,76,78-81H2,1-5H3,(H-,85,88,89,90)/p+1/b77-75+. The number of nitrogens with zero attached hydrogens (tertiary/aromatic N) is 1. The zero-order valence-corrected chi connectivity index (χ0v) is 65.0. The number of hydrogen-bond donors (Lipinski definition) is 3. The molecule has 93 heavy (non-hydrogen) atoms. The molecule has 0 rings (SSSR count). The van der Waals surface area contributed by atoms with Crippen molar-refractivity contribution in [3.8, 4) is 0 Å². The Labute approximate surface area is 583 Å². The summed E-state index contributed by atoms with van der Waals surface area (Å²) in [4.78, 5) is 23.5. The van der Waals surface area contributed by atoms with Crippen molar-refractivity contribution in [2.45, 2.75) is 482 Å². The smallest absolute Gasteiger partial charge is 0.387 e. The maximum Gasteiger partial charge on any atom is 0.472 e. The lowest BCUT2D eigenvalue weighted by atomic mass is 10.0. The third-order valence-corrected chi connectivity index (χ3v) is 21.2. The van der Waals surface area contributed by atoms with Gasteiger partial charge in [0.25, 0.3) is 0 Å². The lowest BCUT2D eigenvalue weighted by Gasteiger charge is -2.25. The molecule has 0 aromatic rings. The van der Waals surface area contributed by atoms with Gasteiger partial charge < -0.3 is 19.8 Å². The van der Waals surface area contributed by atoms with Crippen molar-refractivity contribution in [2.24, 2.45) is 0 Å². The zero-order chi connectivity index (χ0) is 67.6. The molecular weight excluding hydrogens is 1160 g/mol. The fourth-order valence-electron chi connectivity index (χ4n) is 13.7. The second-order valence-corrected chi connectivity index (χ2v) is 32.4. The molecule has 0 spiro atoms. The lowest BCUT2D eigenvalue weighted by molar-refractivity contribution is -0.870. The van der Waals surface area contributed by atoms with Crippen molar-refractivity contribution < 1.29 is 32.9 Å². The first-order chi connectivity index (χ1) is 45.5. The maximum atomic E-state index is 13.1. The Kier molecular flexibility index (Phi) is 74.8. The average molecular weight is 1340 g/mol. The first kappa shape index (κ1) is 92.2. The number of phosphoric ester groups is 1. The molecule has 0 aromatic carbocycles. The number of carbonyl (C=O) groups is 1. The fourth-order valence-corrected chi connectivity index (χ4v) is 14.4. The Bertz CT molecular complexity index is 1520. The highest BCUT2D eigenvalue weighted by atomic mass is 31.2. The molecular formula is C84H170N2O6P+. The van der Waals surface area contributed by atoms with Gasteiger partial charge in [0, 0.05) is 6.42 Å². The molecule has 0 aromatic heterocycles. The predicted molar refractivity (Wildman–Crippen MR) is 411 cm³/mol. The van der Waals surface area contributed by atoms with E-state index in [-0.39, 0.29) is 19.1 Å². The third-order valence-electron chi connectivity index (χ3n) is 20.3. The molecule has 3 N–H and O–H groups in total. The highest BCUT2D eigenvalue weighted by Crippen LogP contribution is 2.43. The summed E-state index contributed by atoms with van der Waals surface area (Å²) in [7, 11) is 1.60. The molecule has 3 atom stereocenters. The van der Waals surface area contributed by atoms with Crippen LogP contribution in [0.15, 0.2) is 12.2 Å². The van der Waals surface area contributed by atoms with Crippen molar-refractivity contribution in [3.05, 3.63) is 12.2 Å². The van der Waals surface area contributed by atoms with Crippen LogP contribution < -0.4 is 5.32 Å². The number of aliphatic hydroxyl groups is 1. The first-order valence-electron chi connectivity index (χ1n) is 42.6. The molecule has 0 bridgehead atoms. The van der Waals surface area contributed by atoms with Gasteiger partial charge in [0.15, 0.2) is 0 Å². The number of aliphatic hydroxyl groups excluding tert-OH is 1. The van der Waals surface area contributed by atoms with Gasteiger partial charge in [-0.2, -0.15) is 0 Å². The highest BCUT2D eigenvalue weighted by molar-refractivity contribution is 7.47. The summed E-state index contributed by atoms with van der Waals surface area (Å²) in [6, 6.07) is -0.845. The fraction of sp³-hybridized carbons (Fsp3) is 0.964. The number of likely N-dealkylation sites (N-methyl/N-ethyl adjacent to an activating group) is 1. The summed E-state index contributed by atoms with van der Waals surface area (Å²) in [5.74, 6) is -0.165. The summed E-state index contributed by atoms with van der Waals surface area (Å²) < 4.78 is 23.9. The van der Waals surface area contributed by atoms with Crippen molar-refractivity contribution in [1.29, 1.82) is 0 Å². The minimum absolute atomic E-state index is 0.0657. The van der Waals surface area contributed by atoms with Gasteiger partial charge in [0.2, 0.25) is 5.91 Å². The molecule has 0 fully saturated rings. The number of unbranched alkanes of at least 4 members (excludes halogenated alkanes) is 68. The van der Waals surface area contributed by atoms with Crippen LogP contribution in [-0.2, 0) is 18.4 Å². The second kappa shape index (κ2) is 75.4. The molecule has 0 saturated carbocycles. The molecule has 1 amide bonds. The summed E-state index contributed by atoms with van der Waals surface area (Å²) in [6.45, 7) is 4.90. The van der Waals surface area contributed by atoms with E-state index in [4.69, 9.17) is 9.05 Å². The number of amides is 1. The van der Waals surface area contributed by atoms with Gasteiger partial charge in [0.05, 0.1) is 39.9 Å². The minimum atomic E-state index is -4.36. The largest absolute Gasteiger partial charge is 0.472 e. The summed E-state index contributed by atoms with van der Waals surface area (Å²) in [5, 5.41) is 14.1. The molecule has 0 aliphatic heterocycles. The van der Waals surface area contributed by atoms with Gasteiger partial charge in [-0.05, 0) is 19.3 Å². The molecule has 8 nitrogen and oxygen atoms in total. The normalized spacial score (nSPS) is 13.4. The Morgan fingerprint density at radius 2 is 0.570 bits per heavy atom.